The van der Waals surface area contributed by atoms with E-state index in [0.29, 0.717) is 11.6 Å². The lowest BCUT2D eigenvalue weighted by molar-refractivity contribution is -0.143. The smallest absolute Gasteiger partial charge is 0.310 e. The van der Waals surface area contributed by atoms with Crippen LogP contribution < -0.4 is 0 Å². The van der Waals surface area contributed by atoms with Gasteiger partial charge in [0.1, 0.15) is 0 Å². The second-order valence-electron chi connectivity index (χ2n) is 4.87. The molecule has 1 saturated heterocycles. The molecule has 0 aliphatic carbocycles. The summed E-state index contributed by atoms with van der Waals surface area (Å²) in [5.41, 5.74) is 1.80. The van der Waals surface area contributed by atoms with E-state index < -0.39 is 0 Å². The van der Waals surface area contributed by atoms with Crippen molar-refractivity contribution in [2.45, 2.75) is 38.7 Å². The Morgan fingerprint density at radius 3 is 3.11 bits per heavy atom. The van der Waals surface area contributed by atoms with Gasteiger partial charge in [-0.3, -0.25) is 4.79 Å². The molecule has 1 aromatic rings. The first-order valence-corrected chi connectivity index (χ1v) is 7.06. The second kappa shape index (κ2) is 6.92. The van der Waals surface area contributed by atoms with Gasteiger partial charge in [0, 0.05) is 18.1 Å². The molecular formula is C15H19ClO3. The van der Waals surface area contributed by atoms with Gasteiger partial charge in [-0.25, -0.2) is 0 Å². The SMILES string of the molecule is Cc1cccc(CC(=O)OCC[C@@H]2CCCO2)c1Cl. The molecule has 0 aromatic heterocycles. The number of esters is 1. The summed E-state index contributed by atoms with van der Waals surface area (Å²) in [5, 5.41) is 0.651. The number of carbonyl (C=O) groups is 1. The number of hydrogen-bond acceptors (Lipinski definition) is 3. The molecule has 1 aliphatic heterocycles. The normalized spacial score (nSPS) is 18.5. The monoisotopic (exact) mass is 282 g/mol. The summed E-state index contributed by atoms with van der Waals surface area (Å²) >= 11 is 6.15. The molecule has 0 N–H and O–H groups in total. The lowest BCUT2D eigenvalue weighted by Crippen LogP contribution is -2.14. The Morgan fingerprint density at radius 1 is 1.53 bits per heavy atom. The summed E-state index contributed by atoms with van der Waals surface area (Å²) in [5.74, 6) is -0.231. The van der Waals surface area contributed by atoms with Crippen LogP contribution in [0.3, 0.4) is 0 Å². The first-order valence-electron chi connectivity index (χ1n) is 6.68. The standard InChI is InChI=1S/C15H19ClO3/c1-11-4-2-5-12(15(11)16)10-14(17)19-9-7-13-6-3-8-18-13/h2,4-5,13H,3,6-10H2,1H3/t13-/m0/s1. The zero-order valence-electron chi connectivity index (χ0n) is 11.2. The van der Waals surface area contributed by atoms with E-state index in [1.807, 2.05) is 25.1 Å². The Kier molecular flexibility index (Phi) is 5.23. The summed E-state index contributed by atoms with van der Waals surface area (Å²) in [7, 11) is 0. The average molecular weight is 283 g/mol. The molecule has 1 heterocycles. The van der Waals surface area contributed by atoms with E-state index in [1.54, 1.807) is 0 Å². The fourth-order valence-corrected chi connectivity index (χ4v) is 2.42. The molecule has 0 amide bonds. The molecule has 2 rings (SSSR count). The third-order valence-corrected chi connectivity index (χ3v) is 3.87. The van der Waals surface area contributed by atoms with E-state index in [4.69, 9.17) is 21.1 Å². The van der Waals surface area contributed by atoms with Gasteiger partial charge in [0.25, 0.3) is 0 Å². The largest absolute Gasteiger partial charge is 0.465 e. The molecular weight excluding hydrogens is 264 g/mol. The van der Waals surface area contributed by atoms with Gasteiger partial charge in [-0.15, -0.1) is 0 Å². The minimum atomic E-state index is -0.231. The third kappa shape index (κ3) is 4.22. The fourth-order valence-electron chi connectivity index (χ4n) is 2.23. The van der Waals surface area contributed by atoms with E-state index >= 15 is 0 Å². The molecule has 4 heteroatoms. The Balaban J connectivity index is 1.76. The Hall–Kier alpha value is -1.06. The molecule has 0 radical (unpaired) electrons. The highest BCUT2D eigenvalue weighted by Gasteiger charge is 2.16. The van der Waals surface area contributed by atoms with Crippen LogP contribution in [0, 0.1) is 6.92 Å². The summed E-state index contributed by atoms with van der Waals surface area (Å²) in [6.07, 6.45) is 3.45. The molecule has 1 aromatic carbocycles. The van der Waals surface area contributed by atoms with Crippen molar-refractivity contribution in [1.29, 1.82) is 0 Å². The van der Waals surface area contributed by atoms with Gasteiger partial charge in [-0.05, 0) is 30.9 Å². The van der Waals surface area contributed by atoms with Crippen LogP contribution in [-0.2, 0) is 20.7 Å². The van der Waals surface area contributed by atoms with Gasteiger partial charge in [-0.1, -0.05) is 29.8 Å². The number of ether oxygens (including phenoxy) is 2. The van der Waals surface area contributed by atoms with Crippen molar-refractivity contribution in [3.63, 3.8) is 0 Å². The van der Waals surface area contributed by atoms with Crippen molar-refractivity contribution in [3.05, 3.63) is 34.3 Å². The molecule has 3 nitrogen and oxygen atoms in total. The second-order valence-corrected chi connectivity index (χ2v) is 5.25. The molecule has 1 atom stereocenters. The molecule has 0 saturated carbocycles. The minimum Gasteiger partial charge on any atom is -0.465 e. The van der Waals surface area contributed by atoms with E-state index in [0.717, 1.165) is 37.0 Å². The summed E-state index contributed by atoms with van der Waals surface area (Å²) in [6.45, 7) is 3.18. The topological polar surface area (TPSA) is 35.5 Å². The molecule has 1 aliphatic rings. The van der Waals surface area contributed by atoms with Gasteiger partial charge in [0.05, 0.1) is 19.1 Å². The predicted octanol–water partition coefficient (Wildman–Crippen LogP) is 3.30. The number of aryl methyl sites for hydroxylation is 1. The van der Waals surface area contributed by atoms with Crippen LogP contribution in [0.5, 0.6) is 0 Å². The number of hydrogen-bond donors (Lipinski definition) is 0. The highest BCUT2D eigenvalue weighted by molar-refractivity contribution is 6.32. The maximum atomic E-state index is 11.7. The quantitative estimate of drug-likeness (QED) is 0.777. The number of halogens is 1. The van der Waals surface area contributed by atoms with Crippen molar-refractivity contribution in [3.8, 4) is 0 Å². The van der Waals surface area contributed by atoms with Gasteiger partial charge in [0.15, 0.2) is 0 Å². The zero-order valence-corrected chi connectivity index (χ0v) is 11.9. The summed E-state index contributed by atoms with van der Waals surface area (Å²) < 4.78 is 10.7. The predicted molar refractivity (Wildman–Crippen MR) is 74.4 cm³/mol. The Labute approximate surface area is 118 Å². The number of benzene rings is 1. The average Bonchev–Trinajstić information content (AvgIpc) is 2.88. The highest BCUT2D eigenvalue weighted by Crippen LogP contribution is 2.21. The van der Waals surface area contributed by atoms with Crippen LogP contribution in [0.25, 0.3) is 0 Å². The first-order chi connectivity index (χ1) is 9.16. The van der Waals surface area contributed by atoms with Gasteiger partial charge < -0.3 is 9.47 Å². The molecule has 0 unspecified atom stereocenters. The van der Waals surface area contributed by atoms with Gasteiger partial charge >= 0.3 is 5.97 Å². The zero-order chi connectivity index (χ0) is 13.7. The van der Waals surface area contributed by atoms with Crippen LogP contribution in [0.1, 0.15) is 30.4 Å². The fraction of sp³-hybridized carbons (Fsp3) is 0.533. The van der Waals surface area contributed by atoms with Crippen molar-refractivity contribution in [1.82, 2.24) is 0 Å². The van der Waals surface area contributed by atoms with Crippen molar-refractivity contribution < 1.29 is 14.3 Å². The summed E-state index contributed by atoms with van der Waals surface area (Å²) in [6, 6.07) is 5.68. The Bertz CT molecular complexity index is 439. The van der Waals surface area contributed by atoms with Crippen LogP contribution in [0.4, 0.5) is 0 Å². The van der Waals surface area contributed by atoms with Crippen LogP contribution in [-0.4, -0.2) is 25.3 Å². The van der Waals surface area contributed by atoms with Crippen LogP contribution in [0.2, 0.25) is 5.02 Å². The van der Waals surface area contributed by atoms with Gasteiger partial charge in [-0.2, -0.15) is 0 Å². The van der Waals surface area contributed by atoms with Crippen LogP contribution >= 0.6 is 11.6 Å². The van der Waals surface area contributed by atoms with Crippen LogP contribution in [0.15, 0.2) is 18.2 Å². The third-order valence-electron chi connectivity index (χ3n) is 3.33. The van der Waals surface area contributed by atoms with E-state index in [2.05, 4.69) is 0 Å². The highest BCUT2D eigenvalue weighted by atomic mass is 35.5. The van der Waals surface area contributed by atoms with E-state index in [-0.39, 0.29) is 18.5 Å². The summed E-state index contributed by atoms with van der Waals surface area (Å²) in [4.78, 5) is 11.7. The lowest BCUT2D eigenvalue weighted by atomic mass is 10.1. The molecule has 0 spiro atoms. The minimum absolute atomic E-state index is 0.228. The molecule has 0 bridgehead atoms. The molecule has 1 fully saturated rings. The Morgan fingerprint density at radius 2 is 2.37 bits per heavy atom. The van der Waals surface area contributed by atoms with E-state index in [1.165, 1.54) is 0 Å². The molecule has 19 heavy (non-hydrogen) atoms. The first kappa shape index (κ1) is 14.4. The lowest BCUT2D eigenvalue weighted by Gasteiger charge is -2.10. The maximum absolute atomic E-state index is 11.7. The maximum Gasteiger partial charge on any atom is 0.310 e. The van der Waals surface area contributed by atoms with Crippen molar-refractivity contribution in [2.75, 3.05) is 13.2 Å². The number of rotatable bonds is 5. The van der Waals surface area contributed by atoms with Crippen molar-refractivity contribution in [2.24, 2.45) is 0 Å². The molecule has 104 valence electrons. The van der Waals surface area contributed by atoms with Gasteiger partial charge in [0.2, 0.25) is 0 Å². The van der Waals surface area contributed by atoms with E-state index in [9.17, 15) is 4.79 Å². The number of carbonyl (C=O) groups excluding carboxylic acids is 1. The van der Waals surface area contributed by atoms with Crippen molar-refractivity contribution >= 4 is 17.6 Å².